The zero-order chi connectivity index (χ0) is 24.8. The van der Waals surface area contributed by atoms with Gasteiger partial charge in [-0.1, -0.05) is 6.07 Å². The van der Waals surface area contributed by atoms with Crippen molar-refractivity contribution >= 4 is 32.5 Å². The molecule has 0 saturated carbocycles. The van der Waals surface area contributed by atoms with Crippen LogP contribution in [0.25, 0.3) is 11.0 Å². The summed E-state index contributed by atoms with van der Waals surface area (Å²) >= 11 is 0. The summed E-state index contributed by atoms with van der Waals surface area (Å²) in [5.41, 5.74) is 0.372. The number of nitrogens with zero attached hydrogens (tertiary/aromatic N) is 4. The Kier molecular flexibility index (Phi) is 5.96. The molecule has 4 rings (SSSR count). The number of benzene rings is 2. The molecule has 0 spiro atoms. The number of alkyl halides is 3. The molecule has 8 nitrogen and oxygen atoms in total. The Labute approximate surface area is 193 Å². The molecule has 0 aliphatic carbocycles. The Bertz CT molecular complexity index is 1420. The summed E-state index contributed by atoms with van der Waals surface area (Å²) < 4.78 is 67.5. The fourth-order valence-corrected chi connectivity index (χ4v) is 5.35. The van der Waals surface area contributed by atoms with Crippen molar-refractivity contribution in [2.24, 2.45) is 14.1 Å². The van der Waals surface area contributed by atoms with Crippen molar-refractivity contribution in [1.29, 1.82) is 0 Å². The van der Waals surface area contributed by atoms with Gasteiger partial charge in [-0.25, -0.2) is 13.2 Å². The maximum Gasteiger partial charge on any atom is 0.416 e. The summed E-state index contributed by atoms with van der Waals surface area (Å²) in [6.07, 6.45) is -4.45. The Morgan fingerprint density at radius 1 is 0.941 bits per heavy atom. The maximum atomic E-state index is 13.0. The van der Waals surface area contributed by atoms with Crippen molar-refractivity contribution in [1.82, 2.24) is 14.0 Å². The first-order valence-corrected chi connectivity index (χ1v) is 12.1. The Morgan fingerprint density at radius 2 is 1.59 bits per heavy atom. The van der Waals surface area contributed by atoms with E-state index in [0.29, 0.717) is 16.7 Å². The van der Waals surface area contributed by atoms with E-state index in [9.17, 15) is 31.2 Å². The van der Waals surface area contributed by atoms with Crippen molar-refractivity contribution in [3.05, 3.63) is 58.5 Å². The van der Waals surface area contributed by atoms with Gasteiger partial charge in [0.2, 0.25) is 5.91 Å². The van der Waals surface area contributed by atoms with Gasteiger partial charge in [-0.05, 0) is 36.4 Å². The minimum absolute atomic E-state index is 0.0582. The number of aryl methyl sites for hydroxylation is 2. The predicted molar refractivity (Wildman–Crippen MR) is 120 cm³/mol. The van der Waals surface area contributed by atoms with Crippen LogP contribution in [-0.2, 0) is 34.9 Å². The number of hydrogen-bond donors (Lipinski definition) is 0. The minimum Gasteiger partial charge on any atom is -0.368 e. The van der Waals surface area contributed by atoms with Crippen LogP contribution in [0.1, 0.15) is 5.56 Å². The highest BCUT2D eigenvalue weighted by Crippen LogP contribution is 2.32. The van der Waals surface area contributed by atoms with Crippen LogP contribution < -0.4 is 10.6 Å². The van der Waals surface area contributed by atoms with Gasteiger partial charge < -0.3 is 9.80 Å². The Hall–Kier alpha value is -3.28. The van der Waals surface area contributed by atoms with Crippen LogP contribution in [0.2, 0.25) is 0 Å². The topological polar surface area (TPSA) is 84.6 Å². The van der Waals surface area contributed by atoms with Gasteiger partial charge in [0, 0.05) is 46.0 Å². The molecule has 0 unspecified atom stereocenters. The molecule has 0 atom stereocenters. The number of rotatable bonds is 4. The maximum absolute atomic E-state index is 13.0. The van der Waals surface area contributed by atoms with E-state index < -0.39 is 33.2 Å². The van der Waals surface area contributed by atoms with Gasteiger partial charge in [-0.2, -0.15) is 13.2 Å². The second-order valence-corrected chi connectivity index (χ2v) is 10.2. The number of aromatic nitrogens is 2. The van der Waals surface area contributed by atoms with E-state index in [1.807, 2.05) is 0 Å². The first-order valence-electron chi connectivity index (χ1n) is 10.5. The summed E-state index contributed by atoms with van der Waals surface area (Å²) in [5.74, 6) is -1.31. The van der Waals surface area contributed by atoms with Crippen molar-refractivity contribution in [3.8, 4) is 0 Å². The van der Waals surface area contributed by atoms with E-state index in [1.165, 1.54) is 45.3 Å². The number of carbonyl (C=O) groups excluding carboxylic acids is 1. The quantitative estimate of drug-likeness (QED) is 0.552. The molecule has 1 amide bonds. The zero-order valence-electron chi connectivity index (χ0n) is 18.5. The molecule has 1 aromatic heterocycles. The molecule has 2 heterocycles. The molecule has 1 saturated heterocycles. The largest absolute Gasteiger partial charge is 0.416 e. The molecule has 3 aromatic rings. The SMILES string of the molecule is Cn1c(=O)n(C)c2cc(S(=O)(=O)CC(=O)N3CCN(c4cccc(C(F)(F)F)c4)CC3)ccc21. The second kappa shape index (κ2) is 8.49. The van der Waals surface area contributed by atoms with Gasteiger partial charge in [-0.3, -0.25) is 13.9 Å². The summed E-state index contributed by atoms with van der Waals surface area (Å²) in [6, 6.07) is 9.25. The summed E-state index contributed by atoms with van der Waals surface area (Å²) in [5, 5.41) is 0. The van der Waals surface area contributed by atoms with Crippen LogP contribution in [0.4, 0.5) is 18.9 Å². The fourth-order valence-electron chi connectivity index (χ4n) is 4.11. The number of halogens is 3. The van der Waals surface area contributed by atoms with Crippen LogP contribution in [0.15, 0.2) is 52.2 Å². The highest BCUT2D eigenvalue weighted by molar-refractivity contribution is 7.92. The van der Waals surface area contributed by atoms with Gasteiger partial charge in [-0.15, -0.1) is 0 Å². The molecular formula is C22H23F3N4O4S. The number of carbonyl (C=O) groups is 1. The van der Waals surface area contributed by atoms with Crippen LogP contribution in [0.3, 0.4) is 0 Å². The normalized spacial score (nSPS) is 15.2. The van der Waals surface area contributed by atoms with Crippen molar-refractivity contribution in [2.75, 3.05) is 36.8 Å². The number of fused-ring (bicyclic) bond motifs is 1. The number of hydrogen-bond acceptors (Lipinski definition) is 5. The number of anilines is 1. The smallest absolute Gasteiger partial charge is 0.368 e. The molecule has 2 aromatic carbocycles. The van der Waals surface area contributed by atoms with Crippen molar-refractivity contribution in [2.45, 2.75) is 11.1 Å². The van der Waals surface area contributed by atoms with Crippen LogP contribution >= 0.6 is 0 Å². The lowest BCUT2D eigenvalue weighted by molar-refractivity contribution is -0.137. The molecule has 34 heavy (non-hydrogen) atoms. The number of amides is 1. The number of sulfone groups is 1. The van der Waals surface area contributed by atoms with Gasteiger partial charge >= 0.3 is 11.9 Å². The number of imidazole rings is 1. The Morgan fingerprint density at radius 3 is 2.24 bits per heavy atom. The fraction of sp³-hybridized carbons (Fsp3) is 0.364. The van der Waals surface area contributed by atoms with E-state index >= 15 is 0 Å². The lowest BCUT2D eigenvalue weighted by Crippen LogP contribution is -2.50. The highest BCUT2D eigenvalue weighted by Gasteiger charge is 2.32. The van der Waals surface area contributed by atoms with E-state index in [-0.39, 0.29) is 36.8 Å². The molecule has 0 N–H and O–H groups in total. The van der Waals surface area contributed by atoms with Crippen LogP contribution in [0, 0.1) is 0 Å². The average Bonchev–Trinajstić information content (AvgIpc) is 3.02. The third-order valence-electron chi connectivity index (χ3n) is 6.09. The first kappa shape index (κ1) is 23.9. The molecule has 1 fully saturated rings. The molecule has 12 heteroatoms. The number of piperazine rings is 1. The van der Waals surface area contributed by atoms with Gasteiger partial charge in [0.25, 0.3) is 0 Å². The summed E-state index contributed by atoms with van der Waals surface area (Å²) in [6.45, 7) is 0.948. The summed E-state index contributed by atoms with van der Waals surface area (Å²) in [7, 11) is -0.840. The monoisotopic (exact) mass is 496 g/mol. The van der Waals surface area contributed by atoms with E-state index in [0.717, 1.165) is 12.1 Å². The van der Waals surface area contributed by atoms with Crippen LogP contribution in [-0.4, -0.2) is 60.3 Å². The van der Waals surface area contributed by atoms with Crippen LogP contribution in [0.5, 0.6) is 0 Å². The molecular weight excluding hydrogens is 473 g/mol. The zero-order valence-corrected chi connectivity index (χ0v) is 19.4. The minimum atomic E-state index is -4.45. The predicted octanol–water partition coefficient (Wildman–Crippen LogP) is 2.02. The standard InChI is InChI=1S/C22H23F3N4O4S/c1-26-18-7-6-17(13-19(18)27(2)21(26)31)34(32,33)14-20(30)29-10-8-28(9-11-29)16-5-3-4-15(12-16)22(23,24)25/h3-7,12-13H,8-11,14H2,1-2H3. The molecule has 0 radical (unpaired) electrons. The third kappa shape index (κ3) is 4.41. The lowest BCUT2D eigenvalue weighted by Gasteiger charge is -2.36. The molecule has 0 bridgehead atoms. The van der Waals surface area contributed by atoms with E-state index in [2.05, 4.69) is 0 Å². The highest BCUT2D eigenvalue weighted by atomic mass is 32.2. The first-order chi connectivity index (χ1) is 15.9. The second-order valence-electron chi connectivity index (χ2n) is 8.23. The average molecular weight is 497 g/mol. The van der Waals surface area contributed by atoms with Gasteiger partial charge in [0.15, 0.2) is 9.84 Å². The lowest BCUT2D eigenvalue weighted by atomic mass is 10.1. The van der Waals surface area contributed by atoms with Gasteiger partial charge in [0.05, 0.1) is 21.5 Å². The molecule has 1 aliphatic rings. The van der Waals surface area contributed by atoms with Gasteiger partial charge in [0.1, 0.15) is 5.75 Å². The van der Waals surface area contributed by atoms with Crippen molar-refractivity contribution in [3.63, 3.8) is 0 Å². The third-order valence-corrected chi connectivity index (χ3v) is 7.69. The van der Waals surface area contributed by atoms with Crippen molar-refractivity contribution < 1.29 is 26.4 Å². The molecule has 1 aliphatic heterocycles. The molecule has 182 valence electrons. The van der Waals surface area contributed by atoms with E-state index in [1.54, 1.807) is 18.0 Å². The van der Waals surface area contributed by atoms with E-state index in [4.69, 9.17) is 0 Å². The Balaban J connectivity index is 1.44. The summed E-state index contributed by atoms with van der Waals surface area (Å²) in [4.78, 5) is 27.9.